The Hall–Kier alpha value is -1.26. The van der Waals surface area contributed by atoms with Crippen LogP contribution in [0.5, 0.6) is 0 Å². The number of carbonyl (C=O) groups excluding carboxylic acids is 2. The third kappa shape index (κ3) is 2.95. The number of likely N-dealkylation sites (tertiary alicyclic amines) is 2. The molecule has 2 saturated heterocycles. The number of nitrogens with one attached hydrogen (secondary N) is 1. The molecule has 7 rings (SSSR count). The van der Waals surface area contributed by atoms with Gasteiger partial charge in [-0.1, -0.05) is 0 Å². The van der Waals surface area contributed by atoms with Crippen molar-refractivity contribution in [2.45, 2.75) is 88.6 Å². The van der Waals surface area contributed by atoms with E-state index in [2.05, 4.69) is 15.1 Å². The van der Waals surface area contributed by atoms with Crippen molar-refractivity contribution in [1.82, 2.24) is 15.1 Å². The number of hydrogen-bond acceptors (Lipinski definition) is 2. The van der Waals surface area contributed by atoms with Crippen LogP contribution in [0.2, 0.25) is 0 Å². The van der Waals surface area contributed by atoms with Gasteiger partial charge < -0.3 is 15.1 Å². The Labute approximate surface area is 168 Å². The summed E-state index contributed by atoms with van der Waals surface area (Å²) in [7, 11) is 0. The van der Waals surface area contributed by atoms with Gasteiger partial charge in [-0.15, -0.1) is 0 Å². The maximum atomic E-state index is 13.3. The minimum atomic E-state index is 0.0963. The van der Waals surface area contributed by atoms with E-state index in [1.807, 2.05) is 0 Å². The number of hydrogen-bond donors (Lipinski definition) is 1. The second-order valence-corrected chi connectivity index (χ2v) is 11.4. The van der Waals surface area contributed by atoms with Crippen LogP contribution in [0.4, 0.5) is 4.79 Å². The van der Waals surface area contributed by atoms with Crippen LogP contribution in [0.1, 0.15) is 77.0 Å². The molecule has 5 heteroatoms. The molecule has 154 valence electrons. The van der Waals surface area contributed by atoms with E-state index in [0.29, 0.717) is 18.4 Å². The first-order chi connectivity index (χ1) is 13.5. The molecule has 0 aromatic rings. The van der Waals surface area contributed by atoms with Crippen LogP contribution in [-0.4, -0.2) is 53.0 Å². The van der Waals surface area contributed by atoms with Gasteiger partial charge in [-0.2, -0.15) is 0 Å². The zero-order chi connectivity index (χ0) is 18.9. The van der Waals surface area contributed by atoms with E-state index in [1.54, 1.807) is 0 Å². The summed E-state index contributed by atoms with van der Waals surface area (Å²) in [6.45, 7) is 2.62. The fourth-order valence-corrected chi connectivity index (χ4v) is 8.05. The average molecular weight is 386 g/mol. The van der Waals surface area contributed by atoms with E-state index >= 15 is 0 Å². The van der Waals surface area contributed by atoms with Gasteiger partial charge in [-0.3, -0.25) is 4.79 Å². The third-order valence-electron chi connectivity index (χ3n) is 9.04. The van der Waals surface area contributed by atoms with Crippen molar-refractivity contribution in [2.24, 2.45) is 23.2 Å². The predicted octanol–water partition coefficient (Wildman–Crippen LogP) is 3.53. The molecule has 0 radical (unpaired) electrons. The lowest BCUT2D eigenvalue weighted by Gasteiger charge is -2.57. The zero-order valence-corrected chi connectivity index (χ0v) is 17.1. The Bertz CT molecular complexity index is 652. The van der Waals surface area contributed by atoms with E-state index in [0.717, 1.165) is 50.2 Å². The van der Waals surface area contributed by atoms with Gasteiger partial charge in [0.15, 0.2) is 0 Å². The molecule has 3 amide bonds. The SMILES string of the molecule is O=C(NC12CC3CC(CC(C3)C1)C2)N1CCC[C@]2(CCC(=O)N(C3CC3)C2)C1. The molecule has 0 unspecified atom stereocenters. The normalized spacial score (nSPS) is 45.0. The van der Waals surface area contributed by atoms with Gasteiger partial charge in [0.2, 0.25) is 5.91 Å². The summed E-state index contributed by atoms with van der Waals surface area (Å²) in [5, 5.41) is 3.58. The van der Waals surface area contributed by atoms with Gasteiger partial charge in [-0.05, 0) is 88.4 Å². The van der Waals surface area contributed by atoms with Gasteiger partial charge in [0.05, 0.1) is 0 Å². The molecule has 2 heterocycles. The number of piperidine rings is 2. The van der Waals surface area contributed by atoms with Crippen molar-refractivity contribution in [3.05, 3.63) is 0 Å². The first kappa shape index (κ1) is 17.6. The molecule has 0 aromatic carbocycles. The van der Waals surface area contributed by atoms with Crippen molar-refractivity contribution >= 4 is 11.9 Å². The van der Waals surface area contributed by atoms with Crippen LogP contribution < -0.4 is 5.32 Å². The molecule has 7 fully saturated rings. The minimum Gasteiger partial charge on any atom is -0.339 e. The maximum Gasteiger partial charge on any atom is 0.317 e. The summed E-state index contributed by atoms with van der Waals surface area (Å²) < 4.78 is 0. The summed E-state index contributed by atoms with van der Waals surface area (Å²) in [6, 6.07) is 0.691. The Balaban J connectivity index is 1.14. The fraction of sp³-hybridized carbons (Fsp3) is 0.913. The fourth-order valence-electron chi connectivity index (χ4n) is 8.05. The number of nitrogens with zero attached hydrogens (tertiary/aromatic N) is 2. The monoisotopic (exact) mass is 385 g/mol. The molecule has 28 heavy (non-hydrogen) atoms. The van der Waals surface area contributed by atoms with Crippen molar-refractivity contribution in [3.8, 4) is 0 Å². The molecule has 1 spiro atoms. The van der Waals surface area contributed by atoms with Crippen LogP contribution >= 0.6 is 0 Å². The van der Waals surface area contributed by atoms with Crippen LogP contribution in [0.15, 0.2) is 0 Å². The number of carbonyl (C=O) groups is 2. The minimum absolute atomic E-state index is 0.0963. The largest absolute Gasteiger partial charge is 0.339 e. The lowest BCUT2D eigenvalue weighted by atomic mass is 9.53. The highest BCUT2D eigenvalue weighted by molar-refractivity contribution is 5.78. The van der Waals surface area contributed by atoms with Gasteiger partial charge >= 0.3 is 6.03 Å². The van der Waals surface area contributed by atoms with Gasteiger partial charge in [-0.25, -0.2) is 4.79 Å². The van der Waals surface area contributed by atoms with Gasteiger partial charge in [0.25, 0.3) is 0 Å². The Morgan fingerprint density at radius 3 is 2.29 bits per heavy atom. The smallest absolute Gasteiger partial charge is 0.317 e. The molecule has 4 bridgehead atoms. The molecule has 2 aliphatic heterocycles. The van der Waals surface area contributed by atoms with Crippen molar-refractivity contribution in [3.63, 3.8) is 0 Å². The Morgan fingerprint density at radius 2 is 1.64 bits per heavy atom. The number of amides is 3. The molecule has 5 aliphatic carbocycles. The molecule has 1 atom stereocenters. The lowest BCUT2D eigenvalue weighted by Crippen LogP contribution is -2.63. The summed E-state index contributed by atoms with van der Waals surface area (Å²) in [5.41, 5.74) is 0.243. The summed E-state index contributed by atoms with van der Waals surface area (Å²) in [4.78, 5) is 30.0. The van der Waals surface area contributed by atoms with Gasteiger partial charge in [0.1, 0.15) is 0 Å². The van der Waals surface area contributed by atoms with Crippen molar-refractivity contribution < 1.29 is 9.59 Å². The highest BCUT2D eigenvalue weighted by atomic mass is 16.2. The van der Waals surface area contributed by atoms with Crippen LogP contribution in [-0.2, 0) is 4.79 Å². The second-order valence-electron chi connectivity index (χ2n) is 11.4. The van der Waals surface area contributed by atoms with E-state index < -0.39 is 0 Å². The lowest BCUT2D eigenvalue weighted by molar-refractivity contribution is -0.139. The highest BCUT2D eigenvalue weighted by Gasteiger charge is 2.52. The summed E-state index contributed by atoms with van der Waals surface area (Å²) in [5.74, 6) is 2.92. The first-order valence-corrected chi connectivity index (χ1v) is 11.9. The third-order valence-corrected chi connectivity index (χ3v) is 9.04. The summed E-state index contributed by atoms with van der Waals surface area (Å²) >= 11 is 0. The number of urea groups is 1. The van der Waals surface area contributed by atoms with E-state index in [1.165, 1.54) is 57.8 Å². The molecule has 5 saturated carbocycles. The molecule has 7 aliphatic rings. The Kier molecular flexibility index (Phi) is 3.84. The standard InChI is InChI=1S/C23H35N3O2/c27-20-4-6-22(15-26(20)19-2-3-19)5-1-7-25(14-22)21(28)24-23-11-16-8-17(12-23)10-18(9-16)13-23/h16-19H,1-15H2,(H,24,28)/t16?,17?,18?,22-,23?/m0/s1. The molecular formula is C23H35N3O2. The molecule has 0 aromatic heterocycles. The van der Waals surface area contributed by atoms with Gasteiger partial charge in [0, 0.05) is 43.1 Å². The Morgan fingerprint density at radius 1 is 0.964 bits per heavy atom. The maximum absolute atomic E-state index is 13.3. The van der Waals surface area contributed by atoms with Crippen LogP contribution in [0, 0.1) is 23.2 Å². The molecule has 1 N–H and O–H groups in total. The van der Waals surface area contributed by atoms with E-state index in [-0.39, 0.29) is 17.0 Å². The topological polar surface area (TPSA) is 52.7 Å². The second kappa shape index (κ2) is 6.12. The summed E-state index contributed by atoms with van der Waals surface area (Å²) in [6.07, 6.45) is 14.1. The predicted molar refractivity (Wildman–Crippen MR) is 107 cm³/mol. The van der Waals surface area contributed by atoms with Crippen LogP contribution in [0.25, 0.3) is 0 Å². The molecular weight excluding hydrogens is 350 g/mol. The van der Waals surface area contributed by atoms with Crippen molar-refractivity contribution in [1.29, 1.82) is 0 Å². The number of rotatable bonds is 2. The van der Waals surface area contributed by atoms with E-state index in [4.69, 9.17) is 0 Å². The van der Waals surface area contributed by atoms with E-state index in [9.17, 15) is 9.59 Å². The zero-order valence-electron chi connectivity index (χ0n) is 17.1. The average Bonchev–Trinajstić information content (AvgIpc) is 3.48. The van der Waals surface area contributed by atoms with Crippen molar-refractivity contribution in [2.75, 3.05) is 19.6 Å². The van der Waals surface area contributed by atoms with Crippen LogP contribution in [0.3, 0.4) is 0 Å². The quantitative estimate of drug-likeness (QED) is 0.791. The highest BCUT2D eigenvalue weighted by Crippen LogP contribution is 2.55. The molecule has 5 nitrogen and oxygen atoms in total. The first-order valence-electron chi connectivity index (χ1n) is 11.9.